The molecule has 11 heteroatoms. The number of nitrogens with zero attached hydrogens (tertiary/aromatic N) is 3. The zero-order chi connectivity index (χ0) is 28.3. The molecular formula is C28H34ClFN6O3. The Labute approximate surface area is 231 Å². The number of hydrogen-bond donors (Lipinski definition) is 3. The number of nitrogens with one attached hydrogen (secondary N) is 2. The molecule has 1 fully saturated rings. The highest BCUT2D eigenvalue weighted by atomic mass is 35.5. The molecule has 0 atom stereocenters. The molecule has 0 spiro atoms. The van der Waals surface area contributed by atoms with Gasteiger partial charge in [-0.3, -0.25) is 19.1 Å². The highest BCUT2D eigenvalue weighted by Gasteiger charge is 2.34. The summed E-state index contributed by atoms with van der Waals surface area (Å²) < 4.78 is 15.6. The minimum Gasteiger partial charge on any atom is -0.385 e. The van der Waals surface area contributed by atoms with Gasteiger partial charge >= 0.3 is 0 Å². The molecule has 4 rings (SSSR count). The van der Waals surface area contributed by atoms with Crippen molar-refractivity contribution in [3.8, 4) is 0 Å². The molecule has 0 bridgehead atoms. The van der Waals surface area contributed by atoms with Crippen LogP contribution in [0, 0.1) is 11.2 Å². The van der Waals surface area contributed by atoms with E-state index in [1.54, 1.807) is 12.1 Å². The van der Waals surface area contributed by atoms with Crippen molar-refractivity contribution in [1.29, 1.82) is 0 Å². The molecule has 4 N–H and O–H groups in total. The van der Waals surface area contributed by atoms with E-state index in [0.717, 1.165) is 31.5 Å². The minimum absolute atomic E-state index is 0.0223. The van der Waals surface area contributed by atoms with Gasteiger partial charge in [0.2, 0.25) is 11.8 Å². The van der Waals surface area contributed by atoms with E-state index in [1.807, 2.05) is 12.1 Å². The highest BCUT2D eigenvalue weighted by Crippen LogP contribution is 2.28. The fraction of sp³-hybridized carbons (Fsp3) is 0.429. The van der Waals surface area contributed by atoms with E-state index in [-0.39, 0.29) is 53.3 Å². The molecule has 1 saturated carbocycles. The minimum atomic E-state index is -0.689. The fourth-order valence-electron chi connectivity index (χ4n) is 4.28. The average Bonchev–Trinajstić information content (AvgIpc) is 3.64. The molecule has 0 aliphatic heterocycles. The lowest BCUT2D eigenvalue weighted by molar-refractivity contribution is -0.137. The number of fused-ring (bicyclic) bond motifs is 1. The van der Waals surface area contributed by atoms with Crippen LogP contribution in [-0.2, 0) is 22.7 Å². The molecule has 0 saturated heterocycles. The number of aromatic nitrogens is 2. The molecule has 1 heterocycles. The number of amides is 3. The number of carbonyl (C=O) groups excluding carboxylic acids is 3. The molecule has 3 aromatic rings. The Morgan fingerprint density at radius 3 is 2.62 bits per heavy atom. The van der Waals surface area contributed by atoms with Crippen molar-refractivity contribution in [2.75, 3.05) is 18.4 Å². The summed E-state index contributed by atoms with van der Waals surface area (Å²) in [6.07, 6.45) is 2.53. The summed E-state index contributed by atoms with van der Waals surface area (Å²) in [7, 11) is 0. The second-order valence-electron chi connectivity index (χ2n) is 11.1. The van der Waals surface area contributed by atoms with Crippen molar-refractivity contribution in [3.05, 3.63) is 58.5 Å². The van der Waals surface area contributed by atoms with Crippen LogP contribution in [0.4, 0.5) is 10.1 Å². The van der Waals surface area contributed by atoms with Gasteiger partial charge in [0.1, 0.15) is 12.4 Å². The molecule has 1 aliphatic rings. The maximum absolute atomic E-state index is 14.2. The Bertz CT molecular complexity index is 1400. The van der Waals surface area contributed by atoms with E-state index in [1.165, 1.54) is 21.7 Å². The molecule has 39 heavy (non-hydrogen) atoms. The smallest absolute Gasteiger partial charge is 0.269 e. The number of benzene rings is 2. The third kappa shape index (κ3) is 7.26. The Hall–Kier alpha value is -3.66. The molecule has 9 nitrogen and oxygen atoms in total. The zero-order valence-electron chi connectivity index (χ0n) is 22.4. The third-order valence-corrected chi connectivity index (χ3v) is 6.90. The van der Waals surface area contributed by atoms with Crippen molar-refractivity contribution in [1.82, 2.24) is 20.0 Å². The van der Waals surface area contributed by atoms with Crippen LogP contribution in [0.2, 0.25) is 5.02 Å². The maximum atomic E-state index is 14.2. The van der Waals surface area contributed by atoms with Gasteiger partial charge in [0.15, 0.2) is 5.69 Å². The van der Waals surface area contributed by atoms with Gasteiger partial charge < -0.3 is 21.3 Å². The van der Waals surface area contributed by atoms with Gasteiger partial charge in [0, 0.05) is 35.8 Å². The molecule has 2 aromatic carbocycles. The summed E-state index contributed by atoms with van der Waals surface area (Å²) in [4.78, 5) is 39.6. The highest BCUT2D eigenvalue weighted by molar-refractivity contribution is 6.30. The molecule has 3 amide bonds. The number of primary amides is 1. The summed E-state index contributed by atoms with van der Waals surface area (Å²) in [5.74, 6) is -2.00. The summed E-state index contributed by atoms with van der Waals surface area (Å²) in [5, 5.41) is 10.9. The lowest BCUT2D eigenvalue weighted by Gasteiger charge is -2.22. The van der Waals surface area contributed by atoms with Crippen LogP contribution < -0.4 is 16.4 Å². The van der Waals surface area contributed by atoms with E-state index in [9.17, 15) is 18.8 Å². The van der Waals surface area contributed by atoms with Gasteiger partial charge in [-0.1, -0.05) is 44.5 Å². The van der Waals surface area contributed by atoms with Crippen molar-refractivity contribution >= 4 is 45.9 Å². The summed E-state index contributed by atoms with van der Waals surface area (Å²) in [6, 6.07) is 9.99. The zero-order valence-corrected chi connectivity index (χ0v) is 23.1. The first kappa shape index (κ1) is 28.4. The molecule has 0 radical (unpaired) electrons. The second-order valence-corrected chi connectivity index (χ2v) is 11.5. The number of hydrogen-bond acceptors (Lipinski definition) is 5. The van der Waals surface area contributed by atoms with E-state index in [0.29, 0.717) is 10.9 Å². The largest absolute Gasteiger partial charge is 0.385 e. The molecular weight excluding hydrogens is 523 g/mol. The number of anilines is 1. The van der Waals surface area contributed by atoms with Gasteiger partial charge in [0.25, 0.3) is 5.91 Å². The number of halogens is 2. The number of rotatable bonds is 11. The fourth-order valence-corrected chi connectivity index (χ4v) is 4.48. The van der Waals surface area contributed by atoms with Crippen molar-refractivity contribution < 1.29 is 18.8 Å². The van der Waals surface area contributed by atoms with Crippen molar-refractivity contribution in [2.24, 2.45) is 11.1 Å². The van der Waals surface area contributed by atoms with E-state index < -0.39 is 17.6 Å². The summed E-state index contributed by atoms with van der Waals surface area (Å²) >= 11 is 5.82. The average molecular weight is 557 g/mol. The van der Waals surface area contributed by atoms with Crippen molar-refractivity contribution in [2.45, 2.75) is 59.2 Å². The van der Waals surface area contributed by atoms with E-state index in [4.69, 9.17) is 17.3 Å². The van der Waals surface area contributed by atoms with Gasteiger partial charge in [0.05, 0.1) is 17.1 Å². The number of nitrogens with two attached hydrogens (primary N) is 1. The van der Waals surface area contributed by atoms with E-state index >= 15 is 0 Å². The van der Waals surface area contributed by atoms with Crippen LogP contribution in [0.25, 0.3) is 10.9 Å². The summed E-state index contributed by atoms with van der Waals surface area (Å²) in [5.41, 5.74) is 7.50. The quantitative estimate of drug-likeness (QED) is 0.328. The van der Waals surface area contributed by atoms with Crippen molar-refractivity contribution in [3.63, 3.8) is 0 Å². The second kappa shape index (κ2) is 11.6. The lowest BCUT2D eigenvalue weighted by Crippen LogP contribution is -2.43. The Morgan fingerprint density at radius 2 is 1.95 bits per heavy atom. The van der Waals surface area contributed by atoms with Gasteiger partial charge in [-0.2, -0.15) is 5.10 Å². The predicted molar refractivity (Wildman–Crippen MR) is 149 cm³/mol. The SMILES string of the molecule is CC(C)(C)CCNc1ccc2c(C(N)=O)nn(CC(=O)N(CC(=O)NCc3cccc(Cl)c3F)C3CC3)c2c1. The normalized spacial score (nSPS) is 13.4. The van der Waals surface area contributed by atoms with Crippen LogP contribution in [-0.4, -0.2) is 51.5 Å². The monoisotopic (exact) mass is 556 g/mol. The molecule has 208 valence electrons. The van der Waals surface area contributed by atoms with Crippen LogP contribution >= 0.6 is 11.6 Å². The first-order valence-electron chi connectivity index (χ1n) is 13.0. The first-order chi connectivity index (χ1) is 18.4. The lowest BCUT2D eigenvalue weighted by atomic mass is 9.92. The molecule has 0 unspecified atom stereocenters. The Kier molecular flexibility index (Phi) is 8.44. The molecule has 1 aliphatic carbocycles. The summed E-state index contributed by atoms with van der Waals surface area (Å²) in [6.45, 7) is 6.87. The maximum Gasteiger partial charge on any atom is 0.269 e. The Balaban J connectivity index is 1.48. The number of carbonyl (C=O) groups is 3. The van der Waals surface area contributed by atoms with Gasteiger partial charge in [-0.15, -0.1) is 0 Å². The predicted octanol–water partition coefficient (Wildman–Crippen LogP) is 4.08. The Morgan fingerprint density at radius 1 is 1.21 bits per heavy atom. The molecule has 1 aromatic heterocycles. The third-order valence-electron chi connectivity index (χ3n) is 6.60. The standard InChI is InChI=1S/C28H34ClFN6O3/c1-28(2,3)11-12-32-18-7-10-20-22(13-18)36(34-26(20)27(31)39)16-24(38)35(19-8-9-19)15-23(37)33-14-17-5-4-6-21(29)25(17)30/h4-7,10,13,19,32H,8-9,11-12,14-16H2,1-3H3,(H2,31,39)(H,33,37). The van der Waals surface area contributed by atoms with Crippen LogP contribution in [0.1, 0.15) is 56.1 Å². The van der Waals surface area contributed by atoms with Crippen LogP contribution in [0.15, 0.2) is 36.4 Å². The topological polar surface area (TPSA) is 122 Å². The first-order valence-corrected chi connectivity index (χ1v) is 13.3. The van der Waals surface area contributed by atoms with Gasteiger partial charge in [-0.25, -0.2) is 4.39 Å². The van der Waals surface area contributed by atoms with E-state index in [2.05, 4.69) is 36.5 Å². The van der Waals surface area contributed by atoms with Crippen LogP contribution in [0.3, 0.4) is 0 Å². The van der Waals surface area contributed by atoms with Crippen LogP contribution in [0.5, 0.6) is 0 Å². The van der Waals surface area contributed by atoms with Gasteiger partial charge in [-0.05, 0) is 48.9 Å².